The molecule has 0 rings (SSSR count). The largest absolute Gasteiger partial charge is 0.393 e. The fraction of sp³-hybridized carbons (Fsp3) is 0.800. The van der Waals surface area contributed by atoms with Gasteiger partial charge in [0.2, 0.25) is 11.5 Å². The number of carbonyl (C=O) groups is 1. The second kappa shape index (κ2) is 4.75. The van der Waals surface area contributed by atoms with Crippen molar-refractivity contribution in [2.45, 2.75) is 11.8 Å². The maximum Gasteiger partial charge on any atom is 0.228 e. The van der Waals surface area contributed by atoms with Crippen LogP contribution in [0, 0.1) is 0 Å². The predicted octanol–water partition coefficient (Wildman–Crippen LogP) is -2.10. The minimum Gasteiger partial charge on any atom is -0.393 e. The smallest absolute Gasteiger partial charge is 0.228 e. The quantitative estimate of drug-likeness (QED) is 0.223. The molecule has 0 spiro atoms. The van der Waals surface area contributed by atoms with Gasteiger partial charge in [-0.1, -0.05) is 0 Å². The second-order valence-electron chi connectivity index (χ2n) is 2.23. The first kappa shape index (κ1) is 11.8. The highest BCUT2D eigenvalue weighted by Gasteiger charge is 2.38. The van der Waals surface area contributed by atoms with Crippen molar-refractivity contribution in [2.24, 2.45) is 5.11 Å². The number of carbonyl (C=O) groups excluding carboxylic acids is 1. The van der Waals surface area contributed by atoms with Crippen molar-refractivity contribution < 1.29 is 25.2 Å². The van der Waals surface area contributed by atoms with Gasteiger partial charge in [-0.2, -0.15) is 0 Å². The monoisotopic (exact) mass is 191 g/mol. The lowest BCUT2D eigenvalue weighted by Crippen LogP contribution is -2.47. The molecule has 0 aromatic heterocycles. The number of nitrogens with zero attached hydrogens (tertiary/aromatic N) is 3. The summed E-state index contributed by atoms with van der Waals surface area (Å²) >= 11 is 0. The summed E-state index contributed by atoms with van der Waals surface area (Å²) in [5, 5.41) is 37.3. The van der Waals surface area contributed by atoms with Crippen LogP contribution < -0.4 is 0 Å². The zero-order valence-electron chi connectivity index (χ0n) is 6.53. The summed E-state index contributed by atoms with van der Waals surface area (Å²) in [6.45, 7) is -2.09. The highest BCUT2D eigenvalue weighted by Crippen LogP contribution is 2.10. The molecule has 4 N–H and O–H groups in total. The molecule has 0 aromatic carbocycles. The van der Waals surface area contributed by atoms with Gasteiger partial charge in [-0.05, 0) is 10.6 Å². The van der Waals surface area contributed by atoms with Crippen molar-refractivity contribution >= 4 is 5.78 Å². The molecule has 0 saturated carbocycles. The van der Waals surface area contributed by atoms with Gasteiger partial charge >= 0.3 is 0 Å². The average molecular weight is 191 g/mol. The van der Waals surface area contributed by atoms with E-state index in [2.05, 4.69) is 10.0 Å². The first-order chi connectivity index (χ1) is 6.01. The molecular formula is C5H9N3O5. The van der Waals surface area contributed by atoms with Crippen molar-refractivity contribution in [3.63, 3.8) is 0 Å². The van der Waals surface area contributed by atoms with Gasteiger partial charge in [-0.15, -0.1) is 0 Å². The van der Waals surface area contributed by atoms with Crippen LogP contribution in [0.15, 0.2) is 5.11 Å². The summed E-state index contributed by atoms with van der Waals surface area (Å²) in [6, 6.07) is 0. The molecule has 0 fully saturated rings. The number of Topliss-reactive ketones (excluding diaryl/α,β-unsaturated/α-hetero) is 1. The molecule has 0 unspecified atom stereocenters. The second-order valence-corrected chi connectivity index (χ2v) is 2.23. The third-order valence-corrected chi connectivity index (χ3v) is 1.30. The van der Waals surface area contributed by atoms with Gasteiger partial charge in [0.15, 0.2) is 0 Å². The van der Waals surface area contributed by atoms with Crippen LogP contribution in [0.3, 0.4) is 0 Å². The third kappa shape index (κ3) is 2.65. The first-order valence-electron chi connectivity index (χ1n) is 3.24. The van der Waals surface area contributed by atoms with E-state index < -0.39 is 30.8 Å². The molecular weight excluding hydrogens is 182 g/mol. The van der Waals surface area contributed by atoms with E-state index in [1.54, 1.807) is 0 Å². The minimum absolute atomic E-state index is 0.928. The average Bonchev–Trinajstić information content (AvgIpc) is 2.15. The van der Waals surface area contributed by atoms with Crippen LogP contribution >= 0.6 is 0 Å². The van der Waals surface area contributed by atoms with E-state index in [1.165, 1.54) is 0 Å². The van der Waals surface area contributed by atoms with Crippen molar-refractivity contribution in [3.05, 3.63) is 10.4 Å². The Labute approximate surface area is 72.7 Å². The van der Waals surface area contributed by atoms with Crippen molar-refractivity contribution in [2.75, 3.05) is 13.2 Å². The maximum absolute atomic E-state index is 10.9. The molecule has 0 aliphatic carbocycles. The Balaban J connectivity index is 4.76. The van der Waals surface area contributed by atoms with Gasteiger partial charge in [0.1, 0.15) is 6.10 Å². The predicted molar refractivity (Wildman–Crippen MR) is 39.3 cm³/mol. The summed E-state index contributed by atoms with van der Waals surface area (Å²) in [5.74, 6) is -1.35. The number of ketones is 1. The summed E-state index contributed by atoms with van der Waals surface area (Å²) in [6.07, 6.45) is -1.89. The Kier molecular flexibility index (Phi) is 4.32. The lowest BCUT2D eigenvalue weighted by atomic mass is 10.1. The summed E-state index contributed by atoms with van der Waals surface area (Å²) < 4.78 is 0. The standard InChI is InChI=1S/C5H9N3O5/c6-8-7-5(13,2-10)4(12)3(11)1-9/h3,9-11,13H,1-2H2/t3-,5+/m0/s1. The van der Waals surface area contributed by atoms with Crippen molar-refractivity contribution in [1.29, 1.82) is 0 Å². The Morgan fingerprint density at radius 3 is 2.46 bits per heavy atom. The van der Waals surface area contributed by atoms with Gasteiger partial charge in [-0.25, -0.2) is 0 Å². The Morgan fingerprint density at radius 2 is 2.15 bits per heavy atom. The fourth-order valence-electron chi connectivity index (χ4n) is 0.583. The summed E-state index contributed by atoms with van der Waals surface area (Å²) in [4.78, 5) is 13.0. The minimum atomic E-state index is -2.71. The molecule has 2 atom stereocenters. The molecule has 74 valence electrons. The van der Waals surface area contributed by atoms with Crippen LogP contribution in [0.4, 0.5) is 0 Å². The molecule has 0 aliphatic rings. The highest BCUT2D eigenvalue weighted by atomic mass is 16.4. The van der Waals surface area contributed by atoms with Gasteiger partial charge in [0.05, 0.1) is 13.2 Å². The Bertz CT molecular complexity index is 238. The van der Waals surface area contributed by atoms with Gasteiger partial charge in [0.25, 0.3) is 0 Å². The van der Waals surface area contributed by atoms with Crippen LogP contribution in [-0.4, -0.2) is 51.3 Å². The number of aliphatic hydroxyl groups excluding tert-OH is 3. The van der Waals surface area contributed by atoms with E-state index in [1.807, 2.05) is 0 Å². The van der Waals surface area contributed by atoms with Crippen LogP contribution in [0.2, 0.25) is 0 Å². The Morgan fingerprint density at radius 1 is 1.62 bits per heavy atom. The topological polar surface area (TPSA) is 147 Å². The third-order valence-electron chi connectivity index (χ3n) is 1.30. The van der Waals surface area contributed by atoms with E-state index in [0.717, 1.165) is 0 Å². The number of azide groups is 1. The molecule has 0 amide bonds. The van der Waals surface area contributed by atoms with Crippen molar-refractivity contribution in [1.82, 2.24) is 0 Å². The maximum atomic E-state index is 10.9. The molecule has 0 heterocycles. The van der Waals surface area contributed by atoms with Crippen LogP contribution in [-0.2, 0) is 4.79 Å². The number of rotatable bonds is 5. The zero-order chi connectivity index (χ0) is 10.5. The van der Waals surface area contributed by atoms with Gasteiger partial charge in [0, 0.05) is 4.91 Å². The molecule has 8 nitrogen and oxygen atoms in total. The van der Waals surface area contributed by atoms with E-state index in [0.29, 0.717) is 0 Å². The molecule has 0 aromatic rings. The van der Waals surface area contributed by atoms with Gasteiger partial charge in [-0.3, -0.25) is 4.79 Å². The molecule has 13 heavy (non-hydrogen) atoms. The van der Waals surface area contributed by atoms with Crippen LogP contribution in [0.5, 0.6) is 0 Å². The summed E-state index contributed by atoms with van der Waals surface area (Å²) in [7, 11) is 0. The SMILES string of the molecule is [N-]=[N+]=N[C@@](O)(CO)C(=O)[C@@H](O)CO. The molecule has 0 aliphatic heterocycles. The van der Waals surface area contributed by atoms with E-state index in [4.69, 9.17) is 26.0 Å². The lowest BCUT2D eigenvalue weighted by Gasteiger charge is -2.19. The summed E-state index contributed by atoms with van der Waals surface area (Å²) in [5.41, 5.74) is 5.22. The lowest BCUT2D eigenvalue weighted by molar-refractivity contribution is -0.151. The first-order valence-corrected chi connectivity index (χ1v) is 3.24. The van der Waals surface area contributed by atoms with Crippen LogP contribution in [0.25, 0.3) is 10.4 Å². The molecule has 0 bridgehead atoms. The molecule has 0 saturated heterocycles. The Hall–Kier alpha value is -1.18. The fourth-order valence-corrected chi connectivity index (χ4v) is 0.583. The number of hydrogen-bond acceptors (Lipinski definition) is 6. The highest BCUT2D eigenvalue weighted by molar-refractivity contribution is 5.90. The molecule has 8 heteroatoms. The van der Waals surface area contributed by atoms with E-state index in [-0.39, 0.29) is 0 Å². The molecule has 0 radical (unpaired) electrons. The normalized spacial score (nSPS) is 16.9. The van der Waals surface area contributed by atoms with Gasteiger partial charge < -0.3 is 20.4 Å². The van der Waals surface area contributed by atoms with E-state index in [9.17, 15) is 4.79 Å². The van der Waals surface area contributed by atoms with Crippen molar-refractivity contribution in [3.8, 4) is 0 Å². The van der Waals surface area contributed by atoms with E-state index >= 15 is 0 Å². The zero-order valence-corrected chi connectivity index (χ0v) is 6.53. The number of hydrogen-bond donors (Lipinski definition) is 4. The van der Waals surface area contributed by atoms with Crippen LogP contribution in [0.1, 0.15) is 0 Å². The number of aliphatic hydroxyl groups is 4.